The van der Waals surface area contributed by atoms with Crippen molar-refractivity contribution in [3.63, 3.8) is 0 Å². The fraction of sp³-hybridized carbons (Fsp3) is 0.400. The Morgan fingerprint density at radius 2 is 1.78 bits per heavy atom. The molecule has 1 N–H and O–H groups in total. The highest BCUT2D eigenvalue weighted by Crippen LogP contribution is 2.56. The summed E-state index contributed by atoms with van der Waals surface area (Å²) in [6, 6.07) is 17.6. The van der Waals surface area contributed by atoms with Crippen LogP contribution in [0.2, 0.25) is 0 Å². The summed E-state index contributed by atoms with van der Waals surface area (Å²) in [5.41, 5.74) is 6.47. The predicted molar refractivity (Wildman–Crippen MR) is 154 cm³/mol. The van der Waals surface area contributed by atoms with Crippen molar-refractivity contribution in [3.8, 4) is 11.5 Å². The van der Waals surface area contributed by atoms with Crippen LogP contribution < -0.4 is 4.74 Å². The van der Waals surface area contributed by atoms with Crippen LogP contribution in [0.4, 0.5) is 0 Å². The minimum absolute atomic E-state index is 0.133. The molecule has 0 saturated carbocycles. The third-order valence-corrected chi connectivity index (χ3v) is 8.42. The van der Waals surface area contributed by atoms with Gasteiger partial charge in [0.25, 0.3) is 0 Å². The van der Waals surface area contributed by atoms with Crippen LogP contribution in [-0.2, 0) is 20.0 Å². The summed E-state index contributed by atoms with van der Waals surface area (Å²) in [4.78, 5) is 0. The molecule has 0 unspecified atom stereocenters. The van der Waals surface area contributed by atoms with Crippen molar-refractivity contribution in [1.82, 2.24) is 0 Å². The average molecular weight is 590 g/mol. The fourth-order valence-corrected chi connectivity index (χ4v) is 6.35. The third-order valence-electron chi connectivity index (χ3n) is 6.33. The number of phenolic OH excluding ortho intramolecular Hbond substituents is 1. The van der Waals surface area contributed by atoms with Crippen molar-refractivity contribution < 1.29 is 23.5 Å². The highest BCUT2D eigenvalue weighted by molar-refractivity contribution is 9.10. The van der Waals surface area contributed by atoms with E-state index in [0.717, 1.165) is 38.7 Å². The molecule has 1 heterocycles. The van der Waals surface area contributed by atoms with Gasteiger partial charge in [-0.05, 0) is 89.9 Å². The minimum atomic E-state index is -3.39. The number of rotatable bonds is 7. The Kier molecular flexibility index (Phi) is 10.4. The lowest BCUT2D eigenvalue weighted by Gasteiger charge is -2.30. The van der Waals surface area contributed by atoms with Gasteiger partial charge in [-0.2, -0.15) is 0 Å². The van der Waals surface area contributed by atoms with E-state index >= 15 is 0 Å². The summed E-state index contributed by atoms with van der Waals surface area (Å²) in [5.74, 6) is 1.23. The molecule has 1 saturated heterocycles. The zero-order valence-corrected chi connectivity index (χ0v) is 25.1. The standard InChI is InChI=1S/C28H32BrO5P.C2H6/c1-18(2)25-14-21(8-9-27(25)30)15-26-19(3)12-24(13-20(26)4)32-17-35(31)33-11-10-28(34-35)22-6-5-7-23(29)16-22;1-2/h5-9,12-14,16,18,28,30H,10-11,15,17H2,1-4H3;1-2H3/t28-,35-;/m0./s1. The van der Waals surface area contributed by atoms with E-state index in [1.807, 2.05) is 56.3 Å². The van der Waals surface area contributed by atoms with E-state index in [1.54, 1.807) is 6.07 Å². The number of phenols is 1. The van der Waals surface area contributed by atoms with E-state index in [-0.39, 0.29) is 18.4 Å². The fourth-order valence-electron chi connectivity index (χ4n) is 4.43. The van der Waals surface area contributed by atoms with Gasteiger partial charge in [-0.25, -0.2) is 0 Å². The molecule has 0 bridgehead atoms. The van der Waals surface area contributed by atoms with Gasteiger partial charge in [0, 0.05) is 10.9 Å². The molecular formula is C30H38BrO5P. The molecule has 1 aliphatic heterocycles. The smallest absolute Gasteiger partial charge is 0.368 e. The van der Waals surface area contributed by atoms with Gasteiger partial charge in [-0.3, -0.25) is 9.09 Å². The van der Waals surface area contributed by atoms with Crippen LogP contribution in [0, 0.1) is 13.8 Å². The van der Waals surface area contributed by atoms with Crippen LogP contribution in [0.1, 0.15) is 79.5 Å². The molecule has 0 amide bonds. The van der Waals surface area contributed by atoms with Gasteiger partial charge in [-0.1, -0.05) is 67.9 Å². The number of ether oxygens (including phenoxy) is 1. The van der Waals surface area contributed by atoms with Gasteiger partial charge < -0.3 is 14.4 Å². The first-order chi connectivity index (χ1) is 17.6. The molecule has 3 aromatic carbocycles. The van der Waals surface area contributed by atoms with Crippen LogP contribution in [0.5, 0.6) is 11.5 Å². The van der Waals surface area contributed by atoms with E-state index in [1.165, 1.54) is 5.56 Å². The number of hydrogen-bond acceptors (Lipinski definition) is 5. The topological polar surface area (TPSA) is 65.0 Å². The molecule has 4 rings (SSSR count). The molecule has 7 heteroatoms. The monoisotopic (exact) mass is 588 g/mol. The molecular weight excluding hydrogens is 551 g/mol. The maximum absolute atomic E-state index is 13.3. The zero-order chi connectivity index (χ0) is 27.2. The lowest BCUT2D eigenvalue weighted by atomic mass is 9.93. The second-order valence-electron chi connectivity index (χ2n) is 9.42. The largest absolute Gasteiger partial charge is 0.508 e. The van der Waals surface area contributed by atoms with E-state index in [0.29, 0.717) is 24.5 Å². The van der Waals surface area contributed by atoms with Gasteiger partial charge in [-0.15, -0.1) is 0 Å². The minimum Gasteiger partial charge on any atom is -0.508 e. The third kappa shape index (κ3) is 7.70. The molecule has 1 aliphatic rings. The quantitative estimate of drug-likeness (QED) is 0.279. The Balaban J connectivity index is 0.00000186. The molecule has 200 valence electrons. The van der Waals surface area contributed by atoms with Gasteiger partial charge in [0.2, 0.25) is 0 Å². The normalized spacial score (nSPS) is 19.3. The Morgan fingerprint density at radius 3 is 2.43 bits per heavy atom. The SMILES string of the molecule is CC.Cc1cc(OC[P@]2(=O)OCC[C@@H](c3cccc(Br)c3)O2)cc(C)c1Cc1ccc(O)c(C(C)C)c1. The number of hydrogen-bond donors (Lipinski definition) is 1. The van der Waals surface area contributed by atoms with E-state index < -0.39 is 7.60 Å². The maximum atomic E-state index is 13.3. The average Bonchev–Trinajstić information content (AvgIpc) is 2.87. The van der Waals surface area contributed by atoms with Gasteiger partial charge in [0.15, 0.2) is 6.35 Å². The molecule has 2 atom stereocenters. The first-order valence-electron chi connectivity index (χ1n) is 12.9. The highest BCUT2D eigenvalue weighted by Gasteiger charge is 2.35. The van der Waals surface area contributed by atoms with Crippen molar-refractivity contribution in [2.75, 3.05) is 13.0 Å². The van der Waals surface area contributed by atoms with Crippen LogP contribution in [0.15, 0.2) is 59.1 Å². The zero-order valence-electron chi connectivity index (χ0n) is 22.6. The van der Waals surface area contributed by atoms with Crippen molar-refractivity contribution in [3.05, 3.63) is 92.5 Å². The molecule has 0 aliphatic carbocycles. The van der Waals surface area contributed by atoms with Crippen LogP contribution in [-0.4, -0.2) is 18.1 Å². The summed E-state index contributed by atoms with van der Waals surface area (Å²) in [6.07, 6.45) is 0.980. The van der Waals surface area contributed by atoms with Crippen molar-refractivity contribution in [1.29, 1.82) is 0 Å². The molecule has 37 heavy (non-hydrogen) atoms. The molecule has 5 nitrogen and oxygen atoms in total. The molecule has 0 aromatic heterocycles. The molecule has 0 spiro atoms. The van der Waals surface area contributed by atoms with Crippen LogP contribution in [0.25, 0.3) is 0 Å². The Hall–Kier alpha value is -2.11. The van der Waals surface area contributed by atoms with Crippen molar-refractivity contribution in [2.45, 2.75) is 66.4 Å². The number of aryl methyl sites for hydroxylation is 2. The molecule has 1 fully saturated rings. The van der Waals surface area contributed by atoms with Crippen molar-refractivity contribution >= 4 is 23.5 Å². The first-order valence-corrected chi connectivity index (χ1v) is 15.4. The maximum Gasteiger partial charge on any atom is 0.368 e. The van der Waals surface area contributed by atoms with Crippen LogP contribution in [0.3, 0.4) is 0 Å². The number of halogens is 1. The van der Waals surface area contributed by atoms with Gasteiger partial charge in [0.05, 0.1) is 12.7 Å². The lowest BCUT2D eigenvalue weighted by molar-refractivity contribution is 0.0725. The second-order valence-corrected chi connectivity index (χ2v) is 12.3. The molecule has 3 aromatic rings. The summed E-state index contributed by atoms with van der Waals surface area (Å²) >= 11 is 3.48. The van der Waals surface area contributed by atoms with Crippen molar-refractivity contribution in [2.24, 2.45) is 0 Å². The highest BCUT2D eigenvalue weighted by atomic mass is 79.9. The van der Waals surface area contributed by atoms with E-state index in [4.69, 9.17) is 13.8 Å². The second kappa shape index (κ2) is 13.1. The number of benzene rings is 3. The van der Waals surface area contributed by atoms with Crippen LogP contribution >= 0.6 is 23.5 Å². The predicted octanol–water partition coefficient (Wildman–Crippen LogP) is 9.22. The summed E-state index contributed by atoms with van der Waals surface area (Å²) in [5, 5.41) is 10.1. The first kappa shape index (κ1) is 29.4. The Labute approximate surface area is 229 Å². The number of aromatic hydroxyl groups is 1. The summed E-state index contributed by atoms with van der Waals surface area (Å²) in [6.45, 7) is 12.6. The van der Waals surface area contributed by atoms with Gasteiger partial charge >= 0.3 is 7.60 Å². The summed E-state index contributed by atoms with van der Waals surface area (Å²) in [7, 11) is -3.39. The summed E-state index contributed by atoms with van der Waals surface area (Å²) < 4.78 is 31.6. The Morgan fingerprint density at radius 1 is 1.08 bits per heavy atom. The molecule has 0 radical (unpaired) electrons. The van der Waals surface area contributed by atoms with E-state index in [9.17, 15) is 9.67 Å². The van der Waals surface area contributed by atoms with E-state index in [2.05, 4.69) is 49.7 Å². The van der Waals surface area contributed by atoms with Gasteiger partial charge in [0.1, 0.15) is 11.5 Å². The Bertz CT molecular complexity index is 1230. The lowest BCUT2D eigenvalue weighted by Crippen LogP contribution is -2.17.